The van der Waals surface area contributed by atoms with Gasteiger partial charge in [-0.15, -0.1) is 0 Å². The zero-order valence-electron chi connectivity index (χ0n) is 19.0. The summed E-state index contributed by atoms with van der Waals surface area (Å²) in [6, 6.07) is 17.3. The Labute approximate surface area is 192 Å². The summed E-state index contributed by atoms with van der Waals surface area (Å²) in [6.07, 6.45) is 0. The van der Waals surface area contributed by atoms with Gasteiger partial charge in [-0.25, -0.2) is 4.98 Å². The molecular formula is C27H26N2O2S. The van der Waals surface area contributed by atoms with Gasteiger partial charge in [-0.1, -0.05) is 47.7 Å². The van der Waals surface area contributed by atoms with E-state index in [4.69, 9.17) is 4.98 Å². The van der Waals surface area contributed by atoms with Crippen molar-refractivity contribution in [3.8, 4) is 5.69 Å². The van der Waals surface area contributed by atoms with Crippen LogP contribution in [0.1, 0.15) is 38.2 Å². The van der Waals surface area contributed by atoms with E-state index in [9.17, 15) is 9.59 Å². The zero-order valence-corrected chi connectivity index (χ0v) is 19.8. The monoisotopic (exact) mass is 442 g/mol. The van der Waals surface area contributed by atoms with Gasteiger partial charge in [0.25, 0.3) is 5.56 Å². The number of para-hydroxylation sites is 1. The first-order chi connectivity index (χ1) is 15.3. The largest absolute Gasteiger partial charge is 0.293 e. The standard InChI is InChI=1S/C27H26N2O2S/c1-16-10-11-24(20(5)12-16)29-26(31)21-8-6-7-9-23(21)28-27(29)32-15-25(30)22-14-18(3)17(2)13-19(22)4/h6-14H,15H2,1-5H3. The third-order valence-electron chi connectivity index (χ3n) is 5.81. The average molecular weight is 443 g/mol. The van der Waals surface area contributed by atoms with Gasteiger partial charge >= 0.3 is 0 Å². The van der Waals surface area contributed by atoms with Gasteiger partial charge in [0, 0.05) is 5.56 Å². The van der Waals surface area contributed by atoms with Crippen molar-refractivity contribution >= 4 is 28.4 Å². The number of fused-ring (bicyclic) bond motifs is 1. The molecule has 0 saturated carbocycles. The fourth-order valence-corrected chi connectivity index (χ4v) is 4.84. The Kier molecular flexibility index (Phi) is 6.02. The molecule has 3 aromatic carbocycles. The molecule has 0 N–H and O–H groups in total. The smallest absolute Gasteiger partial charge is 0.266 e. The minimum atomic E-state index is -0.125. The van der Waals surface area contributed by atoms with Crippen molar-refractivity contribution < 1.29 is 4.79 Å². The molecule has 0 fully saturated rings. The fourth-order valence-electron chi connectivity index (χ4n) is 3.95. The number of carbonyl (C=O) groups excluding carboxylic acids is 1. The van der Waals surface area contributed by atoms with Gasteiger partial charge in [-0.2, -0.15) is 0 Å². The van der Waals surface area contributed by atoms with Crippen LogP contribution in [0.3, 0.4) is 0 Å². The minimum Gasteiger partial charge on any atom is -0.293 e. The second kappa shape index (κ2) is 8.75. The van der Waals surface area contributed by atoms with Crippen LogP contribution in [0.2, 0.25) is 0 Å². The molecule has 32 heavy (non-hydrogen) atoms. The highest BCUT2D eigenvalue weighted by atomic mass is 32.2. The topological polar surface area (TPSA) is 52.0 Å². The van der Waals surface area contributed by atoms with Gasteiger partial charge in [0.1, 0.15) is 0 Å². The lowest BCUT2D eigenvalue weighted by atomic mass is 9.99. The molecule has 0 amide bonds. The van der Waals surface area contributed by atoms with Crippen molar-refractivity contribution in [2.45, 2.75) is 39.8 Å². The van der Waals surface area contributed by atoms with Crippen molar-refractivity contribution in [2.75, 3.05) is 5.75 Å². The summed E-state index contributed by atoms with van der Waals surface area (Å²) >= 11 is 1.31. The SMILES string of the molecule is Cc1ccc(-n2c(SCC(=O)c3cc(C)c(C)cc3C)nc3ccccc3c2=O)c(C)c1. The number of thioether (sulfide) groups is 1. The van der Waals surface area contributed by atoms with E-state index in [2.05, 4.69) is 6.07 Å². The molecule has 1 heterocycles. The van der Waals surface area contributed by atoms with Crippen LogP contribution in [-0.2, 0) is 0 Å². The molecule has 0 aliphatic carbocycles. The Morgan fingerprint density at radius 3 is 2.34 bits per heavy atom. The molecule has 4 rings (SSSR count). The number of hydrogen-bond acceptors (Lipinski definition) is 4. The van der Waals surface area contributed by atoms with Crippen LogP contribution in [0.5, 0.6) is 0 Å². The number of hydrogen-bond donors (Lipinski definition) is 0. The minimum absolute atomic E-state index is 0.0326. The third-order valence-corrected chi connectivity index (χ3v) is 6.75. The highest BCUT2D eigenvalue weighted by Gasteiger charge is 2.18. The Hall–Kier alpha value is -3.18. The molecule has 0 saturated heterocycles. The van der Waals surface area contributed by atoms with E-state index in [1.807, 2.05) is 77.1 Å². The highest BCUT2D eigenvalue weighted by Crippen LogP contribution is 2.25. The summed E-state index contributed by atoms with van der Waals surface area (Å²) in [6.45, 7) is 10.0. The van der Waals surface area contributed by atoms with E-state index in [1.54, 1.807) is 10.6 Å². The Balaban J connectivity index is 1.79. The van der Waals surface area contributed by atoms with E-state index in [-0.39, 0.29) is 17.1 Å². The predicted octanol–water partition coefficient (Wildman–Crippen LogP) is 5.90. The summed E-state index contributed by atoms with van der Waals surface area (Å²) in [5.74, 6) is 0.240. The van der Waals surface area contributed by atoms with E-state index in [0.717, 1.165) is 33.5 Å². The lowest BCUT2D eigenvalue weighted by Gasteiger charge is -2.16. The first-order valence-electron chi connectivity index (χ1n) is 10.6. The number of carbonyl (C=O) groups is 1. The number of nitrogens with zero attached hydrogens (tertiary/aromatic N) is 2. The molecule has 1 aromatic heterocycles. The molecule has 5 heteroatoms. The quantitative estimate of drug-likeness (QED) is 0.219. The van der Waals surface area contributed by atoms with Crippen molar-refractivity contribution in [1.82, 2.24) is 9.55 Å². The first kappa shape index (κ1) is 22.0. The normalized spacial score (nSPS) is 11.2. The van der Waals surface area contributed by atoms with Crippen molar-refractivity contribution in [3.05, 3.63) is 98.3 Å². The van der Waals surface area contributed by atoms with Crippen LogP contribution >= 0.6 is 11.8 Å². The maximum Gasteiger partial charge on any atom is 0.266 e. The number of rotatable bonds is 5. The predicted molar refractivity (Wildman–Crippen MR) is 133 cm³/mol. The summed E-state index contributed by atoms with van der Waals surface area (Å²) < 4.78 is 1.64. The Morgan fingerprint density at radius 1 is 0.875 bits per heavy atom. The van der Waals surface area contributed by atoms with Gasteiger partial charge in [-0.3, -0.25) is 14.2 Å². The lowest BCUT2D eigenvalue weighted by Crippen LogP contribution is -2.23. The summed E-state index contributed by atoms with van der Waals surface area (Å²) in [7, 11) is 0. The maximum absolute atomic E-state index is 13.5. The Bertz CT molecular complexity index is 1420. The molecule has 0 aliphatic rings. The van der Waals surface area contributed by atoms with Crippen LogP contribution in [-0.4, -0.2) is 21.1 Å². The summed E-state index contributed by atoms with van der Waals surface area (Å²) in [5, 5.41) is 1.09. The van der Waals surface area contributed by atoms with Crippen LogP contribution < -0.4 is 5.56 Å². The summed E-state index contributed by atoms with van der Waals surface area (Å²) in [5.41, 5.74) is 7.38. The Morgan fingerprint density at radius 2 is 1.59 bits per heavy atom. The van der Waals surface area contributed by atoms with Gasteiger partial charge in [0.2, 0.25) is 0 Å². The number of aryl methyl sites for hydroxylation is 5. The molecule has 4 aromatic rings. The second-order valence-corrected chi connectivity index (χ2v) is 9.25. The number of ketones is 1. The third kappa shape index (κ3) is 4.13. The molecule has 0 bridgehead atoms. The van der Waals surface area contributed by atoms with Crippen LogP contribution in [0.4, 0.5) is 0 Å². The molecule has 162 valence electrons. The number of aromatic nitrogens is 2. The molecule has 0 atom stereocenters. The van der Waals surface area contributed by atoms with Crippen molar-refractivity contribution in [2.24, 2.45) is 0 Å². The number of Topliss-reactive ketones (excluding diaryl/α,β-unsaturated/α-hetero) is 1. The van der Waals surface area contributed by atoms with Crippen molar-refractivity contribution in [1.29, 1.82) is 0 Å². The number of benzene rings is 3. The van der Waals surface area contributed by atoms with Crippen molar-refractivity contribution in [3.63, 3.8) is 0 Å². The van der Waals surface area contributed by atoms with E-state index in [0.29, 0.717) is 16.1 Å². The molecular weight excluding hydrogens is 416 g/mol. The lowest BCUT2D eigenvalue weighted by molar-refractivity contribution is 0.102. The molecule has 0 aliphatic heterocycles. The zero-order chi connectivity index (χ0) is 23.0. The van der Waals surface area contributed by atoms with Crippen LogP contribution in [0.15, 0.2) is 64.5 Å². The van der Waals surface area contributed by atoms with E-state index < -0.39 is 0 Å². The van der Waals surface area contributed by atoms with Gasteiger partial charge in [0.15, 0.2) is 10.9 Å². The average Bonchev–Trinajstić information content (AvgIpc) is 2.75. The van der Waals surface area contributed by atoms with Gasteiger partial charge in [0.05, 0.1) is 22.3 Å². The van der Waals surface area contributed by atoms with E-state index in [1.165, 1.54) is 17.3 Å². The highest BCUT2D eigenvalue weighted by molar-refractivity contribution is 7.99. The van der Waals surface area contributed by atoms with Gasteiger partial charge in [-0.05, 0) is 81.1 Å². The maximum atomic E-state index is 13.5. The van der Waals surface area contributed by atoms with Gasteiger partial charge < -0.3 is 0 Å². The fraction of sp³-hybridized carbons (Fsp3) is 0.222. The first-order valence-corrected chi connectivity index (χ1v) is 11.6. The van der Waals surface area contributed by atoms with Crippen LogP contribution in [0, 0.1) is 34.6 Å². The second-order valence-electron chi connectivity index (χ2n) is 8.31. The van der Waals surface area contributed by atoms with E-state index >= 15 is 0 Å². The molecule has 0 unspecified atom stereocenters. The summed E-state index contributed by atoms with van der Waals surface area (Å²) in [4.78, 5) is 31.3. The van der Waals surface area contributed by atoms with Crippen LogP contribution in [0.25, 0.3) is 16.6 Å². The molecule has 4 nitrogen and oxygen atoms in total. The molecule has 0 radical (unpaired) electrons. The molecule has 0 spiro atoms.